The van der Waals surface area contributed by atoms with Crippen LogP contribution in [-0.2, 0) is 19.1 Å². The third kappa shape index (κ3) is 140. The van der Waals surface area contributed by atoms with E-state index >= 15 is 0 Å². The van der Waals surface area contributed by atoms with Gasteiger partial charge in [0.1, 0.15) is 19.0 Å². The zero-order valence-corrected chi connectivity index (χ0v) is 57.7. The van der Waals surface area contributed by atoms with Gasteiger partial charge in [-0.3, -0.25) is 4.79 Å². The zero-order valence-electron chi connectivity index (χ0n) is 55.7. The van der Waals surface area contributed by atoms with Gasteiger partial charge in [0.15, 0.2) is 5.78 Å². The third-order valence-electron chi connectivity index (χ3n) is 11.2. The van der Waals surface area contributed by atoms with Crippen LogP contribution in [-0.4, -0.2) is 209 Å². The normalized spacial score (nSPS) is 14.8. The molecule has 20 nitrogen and oxygen atoms in total. The number of aldehydes is 1. The van der Waals surface area contributed by atoms with Gasteiger partial charge < -0.3 is 96.7 Å². The van der Waals surface area contributed by atoms with Crippen molar-refractivity contribution in [3.05, 3.63) is 0 Å². The van der Waals surface area contributed by atoms with Gasteiger partial charge in [0.05, 0.1) is 102 Å². The highest BCUT2D eigenvalue weighted by Gasteiger charge is 2.21. The molecule has 2 rings (SSSR count). The molecule has 18 N–H and O–H groups in total. The minimum atomic E-state index is -0.727. The molecule has 0 aliphatic carbocycles. The molecule has 2 heterocycles. The summed E-state index contributed by atoms with van der Waals surface area (Å²) in [5.74, 6) is -0.0492. The van der Waals surface area contributed by atoms with Gasteiger partial charge in [-0.25, -0.2) is 0 Å². The first-order chi connectivity index (χ1) is 38.3. The Morgan fingerprint density at radius 1 is 0.381 bits per heavy atom. The van der Waals surface area contributed by atoms with Gasteiger partial charge in [0.25, 0.3) is 0 Å². The molecule has 2 aliphatic rings. The van der Waals surface area contributed by atoms with E-state index in [0.29, 0.717) is 31.3 Å². The number of ether oxygens (including phenoxy) is 2. The standard InChI is InChI=1S/6C6H14O2.2C6H12O2.2C6H12O.C2H6.2H2O.2H2S/c8*1-2-3-4-6(8)5-7;2*1-2-3-4-6-5-7-6;1-2;;;;/h6*6-8H,2-5H2,1H3;7H,2-5H2,1H3;5-6,8H,2-4H2,1H3;2*6H,2-5H2,1H3;1-2H3;4*1H2/t6*6-;;6-;;;;;;;/m110000.0......./s1. The van der Waals surface area contributed by atoms with Gasteiger partial charge in [-0.15, -0.1) is 0 Å². The van der Waals surface area contributed by atoms with Crippen LogP contribution in [0.1, 0.15) is 276 Å². The maximum atomic E-state index is 10.3. The summed E-state index contributed by atoms with van der Waals surface area (Å²) in [5, 5.41) is 119. The highest BCUT2D eigenvalue weighted by Crippen LogP contribution is 2.16. The molecule has 526 valence electrons. The number of aliphatic hydroxyl groups is 14. The number of Topliss-reactive ketones (excluding diaryl/α,β-unsaturated/α-hetero) is 1. The van der Waals surface area contributed by atoms with Gasteiger partial charge in [-0.05, 0) is 64.2 Å². The summed E-state index contributed by atoms with van der Waals surface area (Å²) in [7, 11) is 0. The SMILES string of the molecule is CC.CCCCC(=O)CO.CCCCC1CO1.CCCCC1CO1.CCCC[C@@H](O)CO.CCCC[C@@H](O)CO.CCCC[C@H](O)C=O.CCCC[C@H](O)CO.CCCC[C@H](O)CO.CCCC[C@H](O)CO.CCCC[C@H](O)CO.O.O.S.S. The molecule has 2 fully saturated rings. The van der Waals surface area contributed by atoms with E-state index in [1.54, 1.807) is 0 Å². The van der Waals surface area contributed by atoms with E-state index in [1.165, 1.54) is 38.5 Å². The van der Waals surface area contributed by atoms with E-state index in [4.69, 9.17) is 81.0 Å². The lowest BCUT2D eigenvalue weighted by atomic mass is 10.2. The van der Waals surface area contributed by atoms with Crippen molar-refractivity contribution in [3.63, 3.8) is 0 Å². The molecular weight excluding hydrogens is 1130 g/mol. The van der Waals surface area contributed by atoms with Crippen LogP contribution in [0.15, 0.2) is 0 Å². The van der Waals surface area contributed by atoms with Gasteiger partial charge in [-0.1, -0.05) is 205 Å². The second-order valence-corrected chi connectivity index (χ2v) is 19.7. The number of hydrogen-bond donors (Lipinski definition) is 14. The second kappa shape index (κ2) is 107. The van der Waals surface area contributed by atoms with Crippen molar-refractivity contribution < 1.29 is 102 Å². The number of carbonyl (C=O) groups is 2. The predicted octanol–water partition coefficient (Wildman–Crippen LogP) is 7.41. The Labute approximate surface area is 528 Å². The predicted molar refractivity (Wildman–Crippen MR) is 357 cm³/mol. The summed E-state index contributed by atoms with van der Waals surface area (Å²) in [4.78, 5) is 20.1. The Hall–Kier alpha value is -0.680. The topological polar surface area (TPSA) is 405 Å². The van der Waals surface area contributed by atoms with Gasteiger partial charge >= 0.3 is 0 Å². The molecule has 0 aromatic carbocycles. The Bertz CT molecular complexity index is 906. The molecule has 0 aromatic heterocycles. The van der Waals surface area contributed by atoms with Crippen molar-refractivity contribution in [2.45, 2.75) is 331 Å². The first-order valence-corrected chi connectivity index (χ1v) is 31.6. The summed E-state index contributed by atoms with van der Waals surface area (Å²) in [5.41, 5.74) is 0. The summed E-state index contributed by atoms with van der Waals surface area (Å²) in [6, 6.07) is 0. The number of rotatable bonds is 38. The van der Waals surface area contributed by atoms with Gasteiger partial charge in [0, 0.05) is 6.42 Å². The molecule has 0 aromatic rings. The van der Waals surface area contributed by atoms with Crippen molar-refractivity contribution in [2.75, 3.05) is 59.5 Å². The van der Waals surface area contributed by atoms with E-state index in [1.807, 2.05) is 27.7 Å². The third-order valence-corrected chi connectivity index (χ3v) is 11.2. The van der Waals surface area contributed by atoms with Gasteiger partial charge in [0.2, 0.25) is 0 Å². The Kier molecular flexibility index (Phi) is 145. The minimum absolute atomic E-state index is 0. The first kappa shape index (κ1) is 114. The highest BCUT2D eigenvalue weighted by atomic mass is 32.1. The maximum Gasteiger partial charge on any atom is 0.158 e. The fourth-order valence-electron chi connectivity index (χ4n) is 5.45. The van der Waals surface area contributed by atoms with Crippen molar-refractivity contribution >= 4 is 39.1 Å². The molecule has 9 atom stereocenters. The maximum absolute atomic E-state index is 10.3. The first-order valence-electron chi connectivity index (χ1n) is 31.6. The molecule has 0 saturated carbocycles. The van der Waals surface area contributed by atoms with E-state index in [0.717, 1.165) is 154 Å². The van der Waals surface area contributed by atoms with Crippen LogP contribution in [0.2, 0.25) is 0 Å². The van der Waals surface area contributed by atoms with E-state index in [9.17, 15) is 9.59 Å². The van der Waals surface area contributed by atoms with Crippen molar-refractivity contribution in [2.24, 2.45) is 0 Å². The minimum Gasteiger partial charge on any atom is -0.412 e. The fourth-order valence-corrected chi connectivity index (χ4v) is 5.45. The molecule has 0 radical (unpaired) electrons. The lowest BCUT2D eigenvalue weighted by Gasteiger charge is -2.02. The van der Waals surface area contributed by atoms with Crippen LogP contribution >= 0.6 is 27.0 Å². The lowest BCUT2D eigenvalue weighted by molar-refractivity contribution is -0.121. The monoisotopic (exact) mass is 1270 g/mol. The van der Waals surface area contributed by atoms with Crippen LogP contribution in [0.4, 0.5) is 0 Å². The van der Waals surface area contributed by atoms with Crippen molar-refractivity contribution in [1.29, 1.82) is 0 Å². The Morgan fingerprint density at radius 3 is 0.714 bits per heavy atom. The molecule has 2 saturated heterocycles. The summed E-state index contributed by atoms with van der Waals surface area (Å²) >= 11 is 0. The van der Waals surface area contributed by atoms with Crippen LogP contribution in [0.5, 0.6) is 0 Å². The summed E-state index contributed by atoms with van der Waals surface area (Å²) in [6.45, 7) is 26.0. The van der Waals surface area contributed by atoms with E-state index in [2.05, 4.69) is 55.4 Å². The molecule has 0 amide bonds. The molecule has 0 spiro atoms. The number of hydrogen-bond acceptors (Lipinski definition) is 18. The molecular formula is C62H146O20S2. The molecule has 22 heteroatoms. The lowest BCUT2D eigenvalue weighted by Crippen LogP contribution is -2.10. The molecule has 0 bridgehead atoms. The quantitative estimate of drug-likeness (QED) is 0.0211. The Morgan fingerprint density at radius 2 is 0.571 bits per heavy atom. The fraction of sp³-hybridized carbons (Fsp3) is 0.968. The second-order valence-electron chi connectivity index (χ2n) is 19.7. The molecule has 84 heavy (non-hydrogen) atoms. The highest BCUT2D eigenvalue weighted by molar-refractivity contribution is 7.59. The van der Waals surface area contributed by atoms with Crippen LogP contribution in [0, 0.1) is 0 Å². The van der Waals surface area contributed by atoms with E-state index in [-0.39, 0.29) is 90.0 Å². The Balaban J connectivity index is -0.0000000601. The average Bonchev–Trinajstić information content (AvgIpc) is 4.46. The number of aliphatic hydroxyl groups excluding tert-OH is 14. The number of epoxide rings is 2. The number of ketones is 1. The van der Waals surface area contributed by atoms with Crippen molar-refractivity contribution in [1.82, 2.24) is 0 Å². The molecule has 2 aliphatic heterocycles. The van der Waals surface area contributed by atoms with E-state index < -0.39 is 42.7 Å². The smallest absolute Gasteiger partial charge is 0.158 e. The number of carbonyl (C=O) groups excluding carboxylic acids is 2. The summed E-state index contributed by atoms with van der Waals surface area (Å²) < 4.78 is 10.0. The zero-order chi connectivity index (χ0) is 63.5. The largest absolute Gasteiger partial charge is 0.412 e. The van der Waals surface area contributed by atoms with Gasteiger partial charge in [-0.2, -0.15) is 27.0 Å². The summed E-state index contributed by atoms with van der Waals surface area (Å²) in [6.07, 6.45) is 28.0. The molecule has 2 unspecified atom stereocenters. The van der Waals surface area contributed by atoms with Crippen LogP contribution in [0.3, 0.4) is 0 Å². The van der Waals surface area contributed by atoms with Crippen LogP contribution in [0.25, 0.3) is 0 Å². The number of unbranched alkanes of at least 4 members (excludes halogenated alkanes) is 10. The van der Waals surface area contributed by atoms with Crippen molar-refractivity contribution in [3.8, 4) is 0 Å². The van der Waals surface area contributed by atoms with Crippen LogP contribution < -0.4 is 0 Å². The average molecular weight is 1280 g/mol.